The average molecular weight is 464 g/mol. The van der Waals surface area contributed by atoms with E-state index in [0.717, 1.165) is 84.0 Å². The highest BCUT2D eigenvalue weighted by Crippen LogP contribution is 2.38. The van der Waals surface area contributed by atoms with Crippen molar-refractivity contribution in [3.8, 4) is 0 Å². The highest BCUT2D eigenvalue weighted by Gasteiger charge is 2.26. The molecule has 3 aromatic rings. The number of anilines is 1. The molecular formula is C25H25N3O4S. The van der Waals surface area contributed by atoms with Gasteiger partial charge in [-0.25, -0.2) is 4.79 Å². The van der Waals surface area contributed by atoms with Crippen molar-refractivity contribution in [1.29, 1.82) is 0 Å². The summed E-state index contributed by atoms with van der Waals surface area (Å²) in [6.07, 6.45) is 7.36. The van der Waals surface area contributed by atoms with E-state index in [1.807, 2.05) is 24.3 Å². The van der Waals surface area contributed by atoms with E-state index in [0.29, 0.717) is 16.1 Å². The van der Waals surface area contributed by atoms with Crippen molar-refractivity contribution < 1.29 is 19.1 Å². The molecule has 0 saturated carbocycles. The van der Waals surface area contributed by atoms with Crippen molar-refractivity contribution in [3.05, 3.63) is 57.1 Å². The third-order valence-corrected chi connectivity index (χ3v) is 7.59. The number of nitrogens with one attached hydrogen (secondary N) is 1. The lowest BCUT2D eigenvalue weighted by atomic mass is 9.90. The number of hydrogen-bond donors (Lipinski definition) is 2. The molecule has 7 nitrogen and oxygen atoms in total. The molecule has 2 heterocycles. The minimum atomic E-state index is -0.545. The van der Waals surface area contributed by atoms with E-state index in [-0.39, 0.29) is 0 Å². The summed E-state index contributed by atoms with van der Waals surface area (Å²) in [7, 11) is 0. The van der Waals surface area contributed by atoms with Crippen LogP contribution in [0.25, 0.3) is 10.9 Å². The fourth-order valence-corrected chi connectivity index (χ4v) is 6.20. The lowest BCUT2D eigenvalue weighted by molar-refractivity contribution is -0.119. The van der Waals surface area contributed by atoms with Crippen LogP contribution in [0.5, 0.6) is 0 Å². The molecule has 0 bridgehead atoms. The number of nitrogens with zero attached hydrogens (tertiary/aromatic N) is 1. The molecule has 1 aromatic carbocycles. The van der Waals surface area contributed by atoms with Crippen LogP contribution in [0.2, 0.25) is 0 Å². The zero-order valence-electron chi connectivity index (χ0n) is 18.2. The number of primary amides is 1. The van der Waals surface area contributed by atoms with Crippen molar-refractivity contribution in [2.24, 2.45) is 5.73 Å². The summed E-state index contributed by atoms with van der Waals surface area (Å²) >= 11 is 1.39. The smallest absolute Gasteiger partial charge is 0.339 e. The van der Waals surface area contributed by atoms with E-state index in [9.17, 15) is 14.4 Å². The van der Waals surface area contributed by atoms with Gasteiger partial charge < -0.3 is 15.8 Å². The second kappa shape index (κ2) is 8.94. The Morgan fingerprint density at radius 1 is 0.970 bits per heavy atom. The molecule has 0 fully saturated rings. The largest absolute Gasteiger partial charge is 0.452 e. The van der Waals surface area contributed by atoms with E-state index in [4.69, 9.17) is 15.5 Å². The number of ether oxygens (including phenoxy) is 1. The number of carbonyl (C=O) groups is 3. The first-order valence-corrected chi connectivity index (χ1v) is 12.2. The summed E-state index contributed by atoms with van der Waals surface area (Å²) in [6.45, 7) is -0.439. The lowest BCUT2D eigenvalue weighted by Gasteiger charge is -2.19. The standard InChI is InChI=1S/C25H25N3O4S/c26-23(30)22-16-9-3-6-12-19(16)33-24(22)28-20(29)13-32-25(31)21-14-7-1-4-10-17(14)27-18-11-5-2-8-15(18)21/h1,4,7,10H,2-3,5-6,8-9,11-13H2,(H2,26,30)(H,28,29). The molecule has 2 aliphatic rings. The Morgan fingerprint density at radius 2 is 1.70 bits per heavy atom. The highest BCUT2D eigenvalue weighted by molar-refractivity contribution is 7.17. The van der Waals surface area contributed by atoms with Crippen molar-refractivity contribution in [3.63, 3.8) is 0 Å². The second-order valence-corrected chi connectivity index (χ2v) is 9.65. The van der Waals surface area contributed by atoms with Crippen molar-refractivity contribution in [1.82, 2.24) is 4.98 Å². The summed E-state index contributed by atoms with van der Waals surface area (Å²) in [4.78, 5) is 43.6. The first kappa shape index (κ1) is 21.6. The van der Waals surface area contributed by atoms with Crippen LogP contribution >= 0.6 is 11.3 Å². The Labute approximate surface area is 195 Å². The van der Waals surface area contributed by atoms with Gasteiger partial charge in [-0.2, -0.15) is 0 Å². The number of aryl methyl sites for hydroxylation is 2. The van der Waals surface area contributed by atoms with Crippen LogP contribution in [0.4, 0.5) is 5.00 Å². The third kappa shape index (κ3) is 4.11. The zero-order valence-corrected chi connectivity index (χ0v) is 19.1. The van der Waals surface area contributed by atoms with E-state index in [1.165, 1.54) is 11.3 Å². The van der Waals surface area contributed by atoms with Crippen LogP contribution in [-0.2, 0) is 35.2 Å². The van der Waals surface area contributed by atoms with Gasteiger partial charge in [-0.05, 0) is 68.6 Å². The summed E-state index contributed by atoms with van der Waals surface area (Å²) in [5.41, 5.74) is 10.1. The van der Waals surface area contributed by atoms with Gasteiger partial charge in [-0.1, -0.05) is 18.2 Å². The second-order valence-electron chi connectivity index (χ2n) is 8.54. The molecule has 0 aliphatic heterocycles. The number of thiophene rings is 1. The third-order valence-electron chi connectivity index (χ3n) is 6.38. The van der Waals surface area contributed by atoms with E-state index >= 15 is 0 Å². The van der Waals surface area contributed by atoms with Gasteiger partial charge in [0.1, 0.15) is 5.00 Å². The zero-order chi connectivity index (χ0) is 22.9. The van der Waals surface area contributed by atoms with Gasteiger partial charge in [-0.3, -0.25) is 14.6 Å². The topological polar surface area (TPSA) is 111 Å². The van der Waals surface area contributed by atoms with E-state index in [1.54, 1.807) is 0 Å². The number of hydrogen-bond acceptors (Lipinski definition) is 6. The van der Waals surface area contributed by atoms with Crippen LogP contribution in [-0.4, -0.2) is 29.4 Å². The Bertz CT molecular complexity index is 1280. The number of pyridine rings is 1. The Balaban J connectivity index is 1.35. The van der Waals surface area contributed by atoms with Crippen molar-refractivity contribution >= 4 is 45.0 Å². The molecule has 33 heavy (non-hydrogen) atoms. The number of amides is 2. The predicted octanol–water partition coefficient (Wildman–Crippen LogP) is 3.95. The van der Waals surface area contributed by atoms with Gasteiger partial charge in [0.05, 0.1) is 16.6 Å². The Hall–Kier alpha value is -3.26. The molecule has 3 N–H and O–H groups in total. The molecule has 2 aliphatic carbocycles. The number of para-hydroxylation sites is 1. The van der Waals surface area contributed by atoms with Crippen LogP contribution in [0.3, 0.4) is 0 Å². The van der Waals surface area contributed by atoms with Crippen LogP contribution in [0, 0.1) is 0 Å². The Morgan fingerprint density at radius 3 is 2.52 bits per heavy atom. The summed E-state index contributed by atoms with van der Waals surface area (Å²) in [5.74, 6) is -1.56. The van der Waals surface area contributed by atoms with Gasteiger partial charge in [0.25, 0.3) is 11.8 Å². The molecule has 0 unspecified atom stereocenters. The maximum atomic E-state index is 13.1. The molecule has 2 amide bonds. The number of benzene rings is 1. The minimum Gasteiger partial charge on any atom is -0.452 e. The highest BCUT2D eigenvalue weighted by atomic mass is 32.1. The quantitative estimate of drug-likeness (QED) is 0.557. The van der Waals surface area contributed by atoms with E-state index in [2.05, 4.69) is 5.32 Å². The summed E-state index contributed by atoms with van der Waals surface area (Å²) in [6, 6.07) is 7.51. The Kier molecular flexibility index (Phi) is 5.85. The van der Waals surface area contributed by atoms with Crippen molar-refractivity contribution in [2.45, 2.75) is 51.4 Å². The molecule has 170 valence electrons. The van der Waals surface area contributed by atoms with Gasteiger partial charge >= 0.3 is 5.97 Å². The number of fused-ring (bicyclic) bond motifs is 3. The van der Waals surface area contributed by atoms with Gasteiger partial charge in [-0.15, -0.1) is 11.3 Å². The molecule has 2 aromatic heterocycles. The van der Waals surface area contributed by atoms with Crippen molar-refractivity contribution in [2.75, 3.05) is 11.9 Å². The molecule has 0 spiro atoms. The first-order valence-electron chi connectivity index (χ1n) is 11.3. The average Bonchev–Trinajstić information content (AvgIpc) is 3.19. The number of nitrogens with two attached hydrogens (primary N) is 1. The molecule has 0 radical (unpaired) electrons. The predicted molar refractivity (Wildman–Crippen MR) is 127 cm³/mol. The minimum absolute atomic E-state index is 0.392. The van der Waals surface area contributed by atoms with Gasteiger partial charge in [0, 0.05) is 16.0 Å². The van der Waals surface area contributed by atoms with E-state index < -0.39 is 24.4 Å². The first-order chi connectivity index (χ1) is 16.0. The summed E-state index contributed by atoms with van der Waals surface area (Å²) < 4.78 is 5.45. The van der Waals surface area contributed by atoms with Gasteiger partial charge in [0.15, 0.2) is 6.61 Å². The molecular weight excluding hydrogens is 438 g/mol. The van der Waals surface area contributed by atoms with Gasteiger partial charge in [0.2, 0.25) is 0 Å². The van der Waals surface area contributed by atoms with Crippen LogP contribution < -0.4 is 11.1 Å². The number of esters is 1. The number of aromatic nitrogens is 1. The van der Waals surface area contributed by atoms with Crippen LogP contribution in [0.1, 0.15) is 68.1 Å². The number of rotatable bonds is 5. The fourth-order valence-electron chi connectivity index (χ4n) is 4.89. The SMILES string of the molecule is NC(=O)c1c(NC(=O)COC(=O)c2c3c(nc4ccccc24)CCCC3)sc2c1CCCC2. The molecule has 5 rings (SSSR count). The maximum Gasteiger partial charge on any atom is 0.339 e. The fraction of sp³-hybridized carbons (Fsp3) is 0.360. The lowest BCUT2D eigenvalue weighted by Crippen LogP contribution is -2.24. The molecule has 8 heteroatoms. The van der Waals surface area contributed by atoms with Crippen LogP contribution in [0.15, 0.2) is 24.3 Å². The number of carbonyl (C=O) groups excluding carboxylic acids is 3. The monoisotopic (exact) mass is 463 g/mol. The maximum absolute atomic E-state index is 13.1. The summed E-state index contributed by atoms with van der Waals surface area (Å²) in [5, 5.41) is 3.93. The molecule has 0 atom stereocenters. The molecule has 0 saturated heterocycles. The normalized spacial score (nSPS) is 14.9.